The van der Waals surface area contributed by atoms with Crippen LogP contribution in [0.3, 0.4) is 0 Å². The molecule has 1 aliphatic rings. The van der Waals surface area contributed by atoms with Gasteiger partial charge in [0.05, 0.1) is 22.8 Å². The van der Waals surface area contributed by atoms with Gasteiger partial charge in [-0.05, 0) is 6.07 Å². The van der Waals surface area contributed by atoms with E-state index in [0.29, 0.717) is 6.54 Å². The van der Waals surface area contributed by atoms with Crippen LogP contribution in [0.1, 0.15) is 0 Å². The molecule has 0 atom stereocenters. The molecular weight excluding hydrogens is 208 g/mol. The molecule has 0 fully saturated rings. The van der Waals surface area contributed by atoms with Crippen molar-refractivity contribution in [2.24, 2.45) is 0 Å². The van der Waals surface area contributed by atoms with E-state index in [1.165, 1.54) is 6.07 Å². The SMILES string of the molecule is C=CCN1c2cc([N+](=O)[O-])ccc2NN1C. The molecule has 1 N–H and O–H groups in total. The number of hydrazine groups is 2. The van der Waals surface area contributed by atoms with Crippen molar-refractivity contribution in [3.63, 3.8) is 0 Å². The summed E-state index contributed by atoms with van der Waals surface area (Å²) in [5.41, 5.74) is 4.82. The first-order chi connectivity index (χ1) is 7.63. The molecule has 84 valence electrons. The van der Waals surface area contributed by atoms with Crippen molar-refractivity contribution in [2.45, 2.75) is 0 Å². The van der Waals surface area contributed by atoms with Gasteiger partial charge >= 0.3 is 0 Å². The summed E-state index contributed by atoms with van der Waals surface area (Å²) in [6.45, 7) is 4.25. The Morgan fingerprint density at radius 2 is 2.38 bits per heavy atom. The number of nitro groups is 1. The summed E-state index contributed by atoms with van der Waals surface area (Å²) in [7, 11) is 1.84. The van der Waals surface area contributed by atoms with Crippen molar-refractivity contribution in [3.8, 4) is 0 Å². The second-order valence-electron chi connectivity index (χ2n) is 3.46. The Bertz CT molecular complexity index is 446. The molecule has 1 aliphatic heterocycles. The summed E-state index contributed by atoms with van der Waals surface area (Å²) >= 11 is 0. The maximum absolute atomic E-state index is 10.7. The van der Waals surface area contributed by atoms with Crippen molar-refractivity contribution in [3.05, 3.63) is 41.0 Å². The van der Waals surface area contributed by atoms with Gasteiger partial charge in [-0.25, -0.2) is 0 Å². The zero-order valence-electron chi connectivity index (χ0n) is 8.88. The highest BCUT2D eigenvalue weighted by molar-refractivity contribution is 5.75. The highest BCUT2D eigenvalue weighted by Gasteiger charge is 2.24. The van der Waals surface area contributed by atoms with Crippen LogP contribution in [-0.2, 0) is 0 Å². The number of nitrogens with one attached hydrogen (secondary N) is 1. The van der Waals surface area contributed by atoms with Gasteiger partial charge in [0.2, 0.25) is 0 Å². The number of nitrogens with zero attached hydrogens (tertiary/aromatic N) is 3. The van der Waals surface area contributed by atoms with E-state index in [1.807, 2.05) is 12.1 Å². The number of anilines is 2. The zero-order chi connectivity index (χ0) is 11.7. The van der Waals surface area contributed by atoms with Crippen LogP contribution in [0.5, 0.6) is 0 Å². The molecule has 0 amide bonds. The summed E-state index contributed by atoms with van der Waals surface area (Å²) in [6, 6.07) is 4.74. The first-order valence-electron chi connectivity index (χ1n) is 4.80. The van der Waals surface area contributed by atoms with E-state index in [4.69, 9.17) is 0 Å². The normalized spacial score (nSPS) is 14.4. The molecule has 2 rings (SSSR count). The molecule has 0 saturated heterocycles. The second-order valence-corrected chi connectivity index (χ2v) is 3.46. The monoisotopic (exact) mass is 220 g/mol. The molecular formula is C10H12N4O2. The number of hydrogen-bond donors (Lipinski definition) is 1. The van der Waals surface area contributed by atoms with E-state index in [0.717, 1.165) is 11.4 Å². The third-order valence-corrected chi connectivity index (χ3v) is 2.42. The van der Waals surface area contributed by atoms with Crippen molar-refractivity contribution < 1.29 is 4.92 Å². The molecule has 16 heavy (non-hydrogen) atoms. The summed E-state index contributed by atoms with van der Waals surface area (Å²) in [6.07, 6.45) is 1.74. The summed E-state index contributed by atoms with van der Waals surface area (Å²) < 4.78 is 0. The quantitative estimate of drug-likeness (QED) is 0.478. The molecule has 0 unspecified atom stereocenters. The largest absolute Gasteiger partial charge is 0.299 e. The molecule has 1 aromatic rings. The predicted octanol–water partition coefficient (Wildman–Crippen LogP) is 1.77. The molecule has 1 heterocycles. The highest BCUT2D eigenvalue weighted by atomic mass is 16.6. The van der Waals surface area contributed by atoms with Gasteiger partial charge in [0.15, 0.2) is 0 Å². The van der Waals surface area contributed by atoms with Crippen molar-refractivity contribution in [1.82, 2.24) is 5.12 Å². The fourth-order valence-electron chi connectivity index (χ4n) is 1.68. The lowest BCUT2D eigenvalue weighted by Crippen LogP contribution is -2.38. The third-order valence-electron chi connectivity index (χ3n) is 2.42. The Hall–Kier alpha value is -2.08. The van der Waals surface area contributed by atoms with Crippen molar-refractivity contribution >= 4 is 17.1 Å². The Morgan fingerprint density at radius 1 is 1.62 bits per heavy atom. The van der Waals surface area contributed by atoms with Crippen molar-refractivity contribution in [1.29, 1.82) is 0 Å². The summed E-state index contributed by atoms with van der Waals surface area (Å²) in [4.78, 5) is 10.3. The fourth-order valence-corrected chi connectivity index (χ4v) is 1.68. The number of non-ortho nitro benzene ring substituents is 1. The maximum Gasteiger partial charge on any atom is 0.271 e. The van der Waals surface area contributed by atoms with Crippen molar-refractivity contribution in [2.75, 3.05) is 24.0 Å². The molecule has 0 aliphatic carbocycles. The molecule has 1 aromatic carbocycles. The van der Waals surface area contributed by atoms with Crippen LogP contribution >= 0.6 is 0 Å². The first-order valence-corrected chi connectivity index (χ1v) is 4.80. The standard InChI is InChI=1S/C10H12N4O2/c1-3-6-13-10-7-8(14(15)16)4-5-9(10)11-12(13)2/h3-5,7,11H,1,6H2,2H3. The van der Waals surface area contributed by atoms with Crippen LogP contribution in [0, 0.1) is 10.1 Å². The minimum Gasteiger partial charge on any atom is -0.299 e. The number of fused-ring (bicyclic) bond motifs is 1. The van der Waals surface area contributed by atoms with Crippen LogP contribution in [0.15, 0.2) is 30.9 Å². The average molecular weight is 220 g/mol. The highest BCUT2D eigenvalue weighted by Crippen LogP contribution is 2.35. The predicted molar refractivity (Wildman–Crippen MR) is 62.0 cm³/mol. The topological polar surface area (TPSA) is 61.6 Å². The van der Waals surface area contributed by atoms with Gasteiger partial charge in [-0.2, -0.15) is 0 Å². The van der Waals surface area contributed by atoms with Crippen LogP contribution in [0.25, 0.3) is 0 Å². The van der Waals surface area contributed by atoms with Crippen LogP contribution in [0.2, 0.25) is 0 Å². The minimum absolute atomic E-state index is 0.0879. The van der Waals surface area contributed by atoms with Crippen LogP contribution < -0.4 is 10.4 Å². The van der Waals surface area contributed by atoms with Crippen LogP contribution in [0.4, 0.5) is 17.1 Å². The van der Waals surface area contributed by atoms with E-state index in [-0.39, 0.29) is 5.69 Å². The molecule has 0 radical (unpaired) electrons. The van der Waals surface area contributed by atoms with Gasteiger partial charge in [0.25, 0.3) is 5.69 Å². The van der Waals surface area contributed by atoms with Gasteiger partial charge in [-0.1, -0.05) is 6.08 Å². The smallest absolute Gasteiger partial charge is 0.271 e. The molecule has 6 nitrogen and oxygen atoms in total. The summed E-state index contributed by atoms with van der Waals surface area (Å²) in [5.74, 6) is 0. The molecule has 0 saturated carbocycles. The van der Waals surface area contributed by atoms with E-state index >= 15 is 0 Å². The van der Waals surface area contributed by atoms with E-state index in [1.54, 1.807) is 23.3 Å². The molecule has 6 heteroatoms. The lowest BCUT2D eigenvalue weighted by Gasteiger charge is -2.23. The van der Waals surface area contributed by atoms with Gasteiger partial charge in [-0.15, -0.1) is 11.7 Å². The number of rotatable bonds is 3. The molecule has 0 bridgehead atoms. The first kappa shape index (κ1) is 10.4. The maximum atomic E-state index is 10.7. The Morgan fingerprint density at radius 3 is 3.00 bits per heavy atom. The van der Waals surface area contributed by atoms with Gasteiger partial charge in [0, 0.05) is 19.2 Å². The van der Waals surface area contributed by atoms with E-state index in [9.17, 15) is 10.1 Å². The van der Waals surface area contributed by atoms with Crippen LogP contribution in [-0.4, -0.2) is 23.6 Å². The number of nitro benzene ring substituents is 1. The molecule has 0 aromatic heterocycles. The number of hydrogen-bond acceptors (Lipinski definition) is 5. The van der Waals surface area contributed by atoms with E-state index < -0.39 is 4.92 Å². The lowest BCUT2D eigenvalue weighted by atomic mass is 10.2. The minimum atomic E-state index is -0.398. The average Bonchev–Trinajstić information content (AvgIpc) is 2.55. The second kappa shape index (κ2) is 3.82. The Kier molecular flexibility index (Phi) is 2.49. The fraction of sp³-hybridized carbons (Fsp3) is 0.200. The lowest BCUT2D eigenvalue weighted by molar-refractivity contribution is -0.384. The van der Waals surface area contributed by atoms with Gasteiger partial charge < -0.3 is 0 Å². The van der Waals surface area contributed by atoms with Gasteiger partial charge in [-0.3, -0.25) is 20.5 Å². The number of benzene rings is 1. The van der Waals surface area contributed by atoms with Gasteiger partial charge in [0.1, 0.15) is 0 Å². The Labute approximate surface area is 92.9 Å². The summed E-state index contributed by atoms with van der Waals surface area (Å²) in [5, 5.41) is 14.3. The molecule has 0 spiro atoms. The third kappa shape index (κ3) is 1.59. The zero-order valence-corrected chi connectivity index (χ0v) is 8.88. The Balaban J connectivity index is 2.41. The van der Waals surface area contributed by atoms with E-state index in [2.05, 4.69) is 12.0 Å².